The zero-order chi connectivity index (χ0) is 16.4. The highest BCUT2D eigenvalue weighted by atomic mass is 32.2. The van der Waals surface area contributed by atoms with E-state index in [-0.39, 0.29) is 5.78 Å². The minimum absolute atomic E-state index is 0.158. The van der Waals surface area contributed by atoms with E-state index >= 15 is 0 Å². The van der Waals surface area contributed by atoms with Crippen LogP contribution in [0.25, 0.3) is 11.0 Å². The molecule has 2 aromatic heterocycles. The lowest BCUT2D eigenvalue weighted by atomic mass is 10.2. The van der Waals surface area contributed by atoms with Gasteiger partial charge in [0.25, 0.3) is 0 Å². The topological polar surface area (TPSA) is 50.7 Å². The smallest absolute Gasteiger partial charge is 0.175 e. The molecule has 0 saturated carbocycles. The van der Waals surface area contributed by atoms with E-state index in [0.29, 0.717) is 5.75 Å². The van der Waals surface area contributed by atoms with E-state index in [0.717, 1.165) is 46.1 Å². The Morgan fingerprint density at radius 1 is 1.30 bits per heavy atom. The van der Waals surface area contributed by atoms with Crippen molar-refractivity contribution >= 4 is 28.6 Å². The number of hydrogen-bond donors (Lipinski definition) is 1. The molecule has 0 aliphatic carbocycles. The summed E-state index contributed by atoms with van der Waals surface area (Å²) in [5.74, 6) is 0.557. The molecular formula is C18H21N3OS. The van der Waals surface area contributed by atoms with Crippen molar-refractivity contribution in [2.24, 2.45) is 0 Å². The van der Waals surface area contributed by atoms with Crippen molar-refractivity contribution in [3.63, 3.8) is 0 Å². The quantitative estimate of drug-likeness (QED) is 0.540. The van der Waals surface area contributed by atoms with Gasteiger partial charge < -0.3 is 9.55 Å². The summed E-state index contributed by atoms with van der Waals surface area (Å²) in [6.45, 7) is 7.20. The number of fused-ring (bicyclic) bond motifs is 1. The molecule has 3 rings (SSSR count). The molecule has 1 aromatic carbocycles. The fourth-order valence-electron chi connectivity index (χ4n) is 2.86. The monoisotopic (exact) mass is 327 g/mol. The van der Waals surface area contributed by atoms with E-state index in [9.17, 15) is 4.79 Å². The van der Waals surface area contributed by atoms with Crippen molar-refractivity contribution in [3.05, 3.63) is 47.3 Å². The first-order chi connectivity index (χ1) is 11.1. The first kappa shape index (κ1) is 15.9. The molecule has 0 spiro atoms. The van der Waals surface area contributed by atoms with Gasteiger partial charge in [0.05, 0.1) is 16.8 Å². The fraction of sp³-hybridized carbons (Fsp3) is 0.333. The summed E-state index contributed by atoms with van der Waals surface area (Å²) in [6.07, 6.45) is 1.07. The number of nitrogens with zero attached hydrogens (tertiary/aromatic N) is 2. The third kappa shape index (κ3) is 3.20. The van der Waals surface area contributed by atoms with Gasteiger partial charge in [-0.15, -0.1) is 0 Å². The zero-order valence-corrected chi connectivity index (χ0v) is 14.5. The number of nitrogens with one attached hydrogen (secondary N) is 1. The van der Waals surface area contributed by atoms with E-state index in [1.807, 2.05) is 37.3 Å². The highest BCUT2D eigenvalue weighted by Gasteiger charge is 2.16. The third-order valence-electron chi connectivity index (χ3n) is 4.03. The minimum atomic E-state index is 0.158. The van der Waals surface area contributed by atoms with Gasteiger partial charge in [-0.3, -0.25) is 4.79 Å². The van der Waals surface area contributed by atoms with Gasteiger partial charge in [0.15, 0.2) is 10.9 Å². The molecule has 2 heterocycles. The molecule has 1 N–H and O–H groups in total. The van der Waals surface area contributed by atoms with Gasteiger partial charge >= 0.3 is 0 Å². The summed E-state index contributed by atoms with van der Waals surface area (Å²) in [5, 5.41) is 0.793. The lowest BCUT2D eigenvalue weighted by Gasteiger charge is -2.07. The van der Waals surface area contributed by atoms with E-state index in [1.165, 1.54) is 11.8 Å². The highest BCUT2D eigenvalue weighted by Crippen LogP contribution is 2.22. The van der Waals surface area contributed by atoms with Crippen LogP contribution in [0.15, 0.2) is 35.5 Å². The van der Waals surface area contributed by atoms with Crippen molar-refractivity contribution in [2.45, 2.75) is 38.9 Å². The van der Waals surface area contributed by atoms with E-state index in [1.54, 1.807) is 0 Å². The van der Waals surface area contributed by atoms with Crippen molar-refractivity contribution in [2.75, 3.05) is 5.75 Å². The van der Waals surface area contributed by atoms with Crippen molar-refractivity contribution in [1.29, 1.82) is 0 Å². The van der Waals surface area contributed by atoms with Crippen molar-refractivity contribution in [1.82, 2.24) is 14.5 Å². The van der Waals surface area contributed by atoms with Gasteiger partial charge in [-0.25, -0.2) is 4.98 Å². The number of rotatable bonds is 6. The number of para-hydroxylation sites is 2. The number of imidazole rings is 1. The average Bonchev–Trinajstić information content (AvgIpc) is 3.08. The number of hydrogen-bond acceptors (Lipinski definition) is 3. The number of carbonyl (C=O) groups is 1. The molecule has 0 atom stereocenters. The van der Waals surface area contributed by atoms with Crippen LogP contribution in [0.3, 0.4) is 0 Å². The molecule has 0 amide bonds. The van der Waals surface area contributed by atoms with Gasteiger partial charge in [-0.1, -0.05) is 30.8 Å². The standard InChI is InChI=1S/C18H21N3OS/c1-4-9-21-12(2)10-14(13(21)3)17(22)11-23-18-19-15-7-5-6-8-16(15)20-18/h5-8,10H,4,9,11H2,1-3H3,(H,19,20). The van der Waals surface area contributed by atoms with Crippen molar-refractivity contribution in [3.8, 4) is 0 Å². The number of H-pyrrole nitrogens is 1. The number of aromatic amines is 1. The normalized spacial score (nSPS) is 11.3. The molecule has 0 saturated heterocycles. The Labute approximate surface area is 140 Å². The van der Waals surface area contributed by atoms with Crippen molar-refractivity contribution < 1.29 is 4.79 Å². The van der Waals surface area contributed by atoms with Crippen LogP contribution in [-0.4, -0.2) is 26.1 Å². The molecule has 0 aliphatic rings. The highest BCUT2D eigenvalue weighted by molar-refractivity contribution is 7.99. The summed E-state index contributed by atoms with van der Waals surface area (Å²) in [7, 11) is 0. The lowest BCUT2D eigenvalue weighted by molar-refractivity contribution is 0.102. The largest absolute Gasteiger partial charge is 0.348 e. The summed E-state index contributed by atoms with van der Waals surface area (Å²) < 4.78 is 2.22. The molecular weight excluding hydrogens is 306 g/mol. The van der Waals surface area contributed by atoms with E-state index in [2.05, 4.69) is 28.4 Å². The Hall–Kier alpha value is -2.01. The Morgan fingerprint density at radius 3 is 2.83 bits per heavy atom. The number of benzene rings is 1. The van der Waals surface area contributed by atoms with Gasteiger partial charge in [0.1, 0.15) is 0 Å². The Morgan fingerprint density at radius 2 is 2.09 bits per heavy atom. The van der Waals surface area contributed by atoms with Gasteiger partial charge in [0.2, 0.25) is 0 Å². The SMILES string of the molecule is CCCn1c(C)cc(C(=O)CSc2nc3ccccc3[nH]2)c1C. The summed E-state index contributed by atoms with van der Waals surface area (Å²) in [6, 6.07) is 9.91. The van der Waals surface area contributed by atoms with E-state index in [4.69, 9.17) is 0 Å². The molecule has 120 valence electrons. The summed E-state index contributed by atoms with van der Waals surface area (Å²) >= 11 is 1.46. The maximum atomic E-state index is 12.5. The second-order valence-electron chi connectivity index (χ2n) is 5.71. The van der Waals surface area contributed by atoms with Crippen LogP contribution >= 0.6 is 11.8 Å². The van der Waals surface area contributed by atoms with Crippen LogP contribution in [0.4, 0.5) is 0 Å². The average molecular weight is 327 g/mol. The predicted molar refractivity (Wildman–Crippen MR) is 95.3 cm³/mol. The molecule has 3 aromatic rings. The summed E-state index contributed by atoms with van der Waals surface area (Å²) in [4.78, 5) is 20.3. The number of carbonyl (C=O) groups excluding carboxylic acids is 1. The fourth-order valence-corrected chi connectivity index (χ4v) is 3.63. The summed E-state index contributed by atoms with van der Waals surface area (Å²) in [5.41, 5.74) is 4.99. The predicted octanol–water partition coefficient (Wildman–Crippen LogP) is 4.37. The molecule has 23 heavy (non-hydrogen) atoms. The number of thioether (sulfide) groups is 1. The van der Waals surface area contributed by atoms with Crippen LogP contribution in [0.1, 0.15) is 35.1 Å². The maximum Gasteiger partial charge on any atom is 0.175 e. The Bertz CT molecular complexity index is 814. The zero-order valence-electron chi connectivity index (χ0n) is 13.7. The van der Waals surface area contributed by atoms with Gasteiger partial charge in [0, 0.05) is 23.5 Å². The van der Waals surface area contributed by atoms with Crippen LogP contribution in [0.5, 0.6) is 0 Å². The molecule has 0 aliphatic heterocycles. The molecule has 4 nitrogen and oxygen atoms in total. The second kappa shape index (κ2) is 6.62. The van der Waals surface area contributed by atoms with Crippen LogP contribution in [0.2, 0.25) is 0 Å². The first-order valence-corrected chi connectivity index (χ1v) is 8.86. The molecule has 0 fully saturated rings. The van der Waals surface area contributed by atoms with Crippen LogP contribution in [-0.2, 0) is 6.54 Å². The van der Waals surface area contributed by atoms with Gasteiger partial charge in [-0.2, -0.15) is 0 Å². The number of Topliss-reactive ketones (excluding diaryl/α,β-unsaturated/α-hetero) is 1. The lowest BCUT2D eigenvalue weighted by Crippen LogP contribution is -2.06. The van der Waals surface area contributed by atoms with Crippen LogP contribution < -0.4 is 0 Å². The molecule has 5 heteroatoms. The second-order valence-corrected chi connectivity index (χ2v) is 6.67. The number of aryl methyl sites for hydroxylation is 1. The Kier molecular flexibility index (Phi) is 4.57. The third-order valence-corrected chi connectivity index (χ3v) is 4.90. The first-order valence-electron chi connectivity index (χ1n) is 7.87. The number of ketones is 1. The Balaban J connectivity index is 1.73. The molecule has 0 unspecified atom stereocenters. The minimum Gasteiger partial charge on any atom is -0.348 e. The van der Waals surface area contributed by atoms with Crippen LogP contribution in [0, 0.1) is 13.8 Å². The van der Waals surface area contributed by atoms with Gasteiger partial charge in [-0.05, 0) is 38.5 Å². The maximum absolute atomic E-state index is 12.5. The number of aromatic nitrogens is 3. The molecule has 0 radical (unpaired) electrons. The van der Waals surface area contributed by atoms with E-state index < -0.39 is 0 Å². The molecule has 0 bridgehead atoms.